The lowest BCUT2D eigenvalue weighted by molar-refractivity contribution is -0.123. The summed E-state index contributed by atoms with van der Waals surface area (Å²) in [6.07, 6.45) is 0.165. The van der Waals surface area contributed by atoms with Gasteiger partial charge in [0.15, 0.2) is 11.6 Å². The number of hydrogen-bond acceptors (Lipinski definition) is 2. The quantitative estimate of drug-likeness (QED) is 0.890. The summed E-state index contributed by atoms with van der Waals surface area (Å²) in [4.78, 5) is 23.4. The van der Waals surface area contributed by atoms with Crippen LogP contribution in [0.3, 0.4) is 0 Å². The molecule has 0 aliphatic rings. The second kappa shape index (κ2) is 7.49. The van der Waals surface area contributed by atoms with Crippen molar-refractivity contribution in [3.63, 3.8) is 0 Å². The molecule has 2 aromatic carbocycles. The van der Waals surface area contributed by atoms with E-state index in [9.17, 15) is 18.4 Å². The standard InChI is InChI=1S/C17H16F2N2O2/c1-11-2-4-12(5-3-11)8-16(22)20-10-17(23)21-13-6-7-14(18)15(19)9-13/h2-7,9H,8,10H2,1H3,(H,20,22)(H,21,23). The monoisotopic (exact) mass is 318 g/mol. The van der Waals surface area contributed by atoms with Gasteiger partial charge in [0.05, 0.1) is 13.0 Å². The molecule has 4 nitrogen and oxygen atoms in total. The smallest absolute Gasteiger partial charge is 0.243 e. The molecule has 0 aromatic heterocycles. The maximum atomic E-state index is 13.0. The van der Waals surface area contributed by atoms with Crippen LogP contribution in [0.5, 0.6) is 0 Å². The SMILES string of the molecule is Cc1ccc(CC(=O)NCC(=O)Nc2ccc(F)c(F)c2)cc1. The Kier molecular flexibility index (Phi) is 5.41. The van der Waals surface area contributed by atoms with Crippen LogP contribution in [0.4, 0.5) is 14.5 Å². The van der Waals surface area contributed by atoms with E-state index in [1.54, 1.807) is 0 Å². The van der Waals surface area contributed by atoms with Gasteiger partial charge in [-0.1, -0.05) is 29.8 Å². The van der Waals surface area contributed by atoms with E-state index < -0.39 is 17.5 Å². The van der Waals surface area contributed by atoms with Crippen molar-refractivity contribution in [1.82, 2.24) is 5.32 Å². The van der Waals surface area contributed by atoms with Crippen LogP contribution in [0, 0.1) is 18.6 Å². The van der Waals surface area contributed by atoms with E-state index in [1.165, 1.54) is 6.07 Å². The highest BCUT2D eigenvalue weighted by Gasteiger charge is 2.08. The minimum atomic E-state index is -1.05. The summed E-state index contributed by atoms with van der Waals surface area (Å²) >= 11 is 0. The molecular weight excluding hydrogens is 302 g/mol. The van der Waals surface area contributed by atoms with Gasteiger partial charge < -0.3 is 10.6 Å². The van der Waals surface area contributed by atoms with Gasteiger partial charge in [-0.2, -0.15) is 0 Å². The summed E-state index contributed by atoms with van der Waals surface area (Å²) in [5.41, 5.74) is 2.07. The molecule has 0 atom stereocenters. The van der Waals surface area contributed by atoms with Crippen LogP contribution in [-0.2, 0) is 16.0 Å². The van der Waals surface area contributed by atoms with Crippen molar-refractivity contribution in [3.8, 4) is 0 Å². The van der Waals surface area contributed by atoms with Gasteiger partial charge in [-0.15, -0.1) is 0 Å². The normalized spacial score (nSPS) is 10.2. The number of carbonyl (C=O) groups excluding carboxylic acids is 2. The molecule has 0 saturated carbocycles. The molecule has 0 fully saturated rings. The molecule has 0 radical (unpaired) electrons. The predicted octanol–water partition coefficient (Wildman–Crippen LogP) is 2.57. The first-order valence-corrected chi connectivity index (χ1v) is 7.01. The van der Waals surface area contributed by atoms with E-state index in [0.717, 1.165) is 23.3 Å². The first kappa shape index (κ1) is 16.6. The molecule has 0 bridgehead atoms. The van der Waals surface area contributed by atoms with Crippen molar-refractivity contribution < 1.29 is 18.4 Å². The molecule has 0 unspecified atom stereocenters. The van der Waals surface area contributed by atoms with Crippen LogP contribution in [0.1, 0.15) is 11.1 Å². The van der Waals surface area contributed by atoms with Crippen molar-refractivity contribution >= 4 is 17.5 Å². The number of hydrogen-bond donors (Lipinski definition) is 2. The number of halogens is 2. The molecule has 2 rings (SSSR count). The first-order valence-electron chi connectivity index (χ1n) is 7.01. The van der Waals surface area contributed by atoms with Crippen molar-refractivity contribution in [2.24, 2.45) is 0 Å². The Morgan fingerprint density at radius 3 is 2.30 bits per heavy atom. The number of benzene rings is 2. The zero-order valence-electron chi connectivity index (χ0n) is 12.5. The lowest BCUT2D eigenvalue weighted by atomic mass is 10.1. The number of nitrogens with one attached hydrogen (secondary N) is 2. The molecule has 6 heteroatoms. The number of carbonyl (C=O) groups is 2. The maximum absolute atomic E-state index is 13.0. The zero-order valence-corrected chi connectivity index (χ0v) is 12.5. The van der Waals surface area contributed by atoms with Crippen molar-refractivity contribution in [3.05, 3.63) is 65.2 Å². The number of aryl methyl sites for hydroxylation is 1. The fourth-order valence-corrected chi connectivity index (χ4v) is 1.91. The predicted molar refractivity (Wildman–Crippen MR) is 82.9 cm³/mol. The van der Waals surface area contributed by atoms with Crippen LogP contribution >= 0.6 is 0 Å². The van der Waals surface area contributed by atoms with Crippen LogP contribution in [0.2, 0.25) is 0 Å². The Morgan fingerprint density at radius 1 is 0.957 bits per heavy atom. The molecule has 0 saturated heterocycles. The molecular formula is C17H16F2N2O2. The van der Waals surface area contributed by atoms with E-state index in [1.807, 2.05) is 31.2 Å². The van der Waals surface area contributed by atoms with Crippen LogP contribution < -0.4 is 10.6 Å². The number of anilines is 1. The van der Waals surface area contributed by atoms with Gasteiger partial charge in [-0.05, 0) is 24.6 Å². The van der Waals surface area contributed by atoms with Gasteiger partial charge in [0.2, 0.25) is 11.8 Å². The molecule has 2 aromatic rings. The third kappa shape index (κ3) is 5.18. The fourth-order valence-electron chi connectivity index (χ4n) is 1.91. The summed E-state index contributed by atoms with van der Waals surface area (Å²) in [6, 6.07) is 10.5. The fraction of sp³-hybridized carbons (Fsp3) is 0.176. The second-order valence-electron chi connectivity index (χ2n) is 5.12. The van der Waals surface area contributed by atoms with E-state index in [0.29, 0.717) is 0 Å². The Labute approximate surface area is 132 Å². The molecule has 0 aliphatic heterocycles. The highest BCUT2D eigenvalue weighted by Crippen LogP contribution is 2.12. The highest BCUT2D eigenvalue weighted by atomic mass is 19.2. The van der Waals surface area contributed by atoms with Gasteiger partial charge in [0.1, 0.15) is 0 Å². The van der Waals surface area contributed by atoms with E-state index >= 15 is 0 Å². The van der Waals surface area contributed by atoms with Gasteiger partial charge in [0.25, 0.3) is 0 Å². The highest BCUT2D eigenvalue weighted by molar-refractivity contribution is 5.94. The second-order valence-corrected chi connectivity index (χ2v) is 5.12. The zero-order chi connectivity index (χ0) is 16.8. The molecule has 2 N–H and O–H groups in total. The minimum absolute atomic E-state index is 0.127. The van der Waals surface area contributed by atoms with Crippen molar-refractivity contribution in [2.75, 3.05) is 11.9 Å². The van der Waals surface area contributed by atoms with E-state index in [2.05, 4.69) is 10.6 Å². The Morgan fingerprint density at radius 2 is 1.65 bits per heavy atom. The number of amides is 2. The van der Waals surface area contributed by atoms with Gasteiger partial charge >= 0.3 is 0 Å². The van der Waals surface area contributed by atoms with Crippen LogP contribution in [0.25, 0.3) is 0 Å². The van der Waals surface area contributed by atoms with Gasteiger partial charge in [0, 0.05) is 11.8 Å². The minimum Gasteiger partial charge on any atom is -0.347 e. The average molecular weight is 318 g/mol. The third-order valence-corrected chi connectivity index (χ3v) is 3.13. The van der Waals surface area contributed by atoms with E-state index in [-0.39, 0.29) is 24.6 Å². The topological polar surface area (TPSA) is 58.2 Å². The molecule has 23 heavy (non-hydrogen) atoms. The van der Waals surface area contributed by atoms with Crippen molar-refractivity contribution in [1.29, 1.82) is 0 Å². The Bertz CT molecular complexity index is 715. The third-order valence-electron chi connectivity index (χ3n) is 3.13. The summed E-state index contributed by atoms with van der Waals surface area (Å²) in [6.45, 7) is 1.70. The van der Waals surface area contributed by atoms with Crippen LogP contribution in [-0.4, -0.2) is 18.4 Å². The summed E-state index contributed by atoms with van der Waals surface area (Å²) in [7, 11) is 0. The maximum Gasteiger partial charge on any atom is 0.243 e. The van der Waals surface area contributed by atoms with E-state index in [4.69, 9.17) is 0 Å². The molecule has 0 spiro atoms. The van der Waals surface area contributed by atoms with Crippen molar-refractivity contribution in [2.45, 2.75) is 13.3 Å². The molecule has 2 amide bonds. The number of rotatable bonds is 5. The first-order chi connectivity index (χ1) is 10.9. The van der Waals surface area contributed by atoms with Gasteiger partial charge in [-0.3, -0.25) is 9.59 Å². The lowest BCUT2D eigenvalue weighted by Gasteiger charge is -2.07. The molecule has 120 valence electrons. The Balaban J connectivity index is 1.80. The average Bonchev–Trinajstić information content (AvgIpc) is 2.51. The summed E-state index contributed by atoms with van der Waals surface area (Å²) in [5.74, 6) is -2.86. The van der Waals surface area contributed by atoms with Crippen LogP contribution in [0.15, 0.2) is 42.5 Å². The van der Waals surface area contributed by atoms with Gasteiger partial charge in [-0.25, -0.2) is 8.78 Å². The molecule has 0 heterocycles. The summed E-state index contributed by atoms with van der Waals surface area (Å²) < 4.78 is 25.8. The molecule has 0 aliphatic carbocycles. The summed E-state index contributed by atoms with van der Waals surface area (Å²) in [5, 5.41) is 4.85. The largest absolute Gasteiger partial charge is 0.347 e. The Hall–Kier alpha value is -2.76. The lowest BCUT2D eigenvalue weighted by Crippen LogP contribution is -2.33.